The minimum absolute atomic E-state index is 0.602. The van der Waals surface area contributed by atoms with Crippen LogP contribution in [0.3, 0.4) is 0 Å². The molecule has 2 N–H and O–H groups in total. The van der Waals surface area contributed by atoms with Gasteiger partial charge in [0.2, 0.25) is 0 Å². The van der Waals surface area contributed by atoms with Crippen LogP contribution in [-0.2, 0) is 0 Å². The maximum atomic E-state index is 6.00. The molecule has 0 aliphatic carbocycles. The summed E-state index contributed by atoms with van der Waals surface area (Å²) in [4.78, 5) is 5.39. The third-order valence-corrected chi connectivity index (χ3v) is 5.11. The Morgan fingerprint density at radius 1 is 1.17 bits per heavy atom. The Morgan fingerprint density at radius 2 is 1.89 bits per heavy atom. The van der Waals surface area contributed by atoms with Gasteiger partial charge in [0, 0.05) is 31.7 Å². The van der Waals surface area contributed by atoms with E-state index >= 15 is 0 Å². The second-order valence-electron chi connectivity index (χ2n) is 6.22. The van der Waals surface area contributed by atoms with Crippen molar-refractivity contribution in [3.05, 3.63) is 0 Å². The van der Waals surface area contributed by atoms with Gasteiger partial charge in [0.25, 0.3) is 0 Å². The molecule has 2 fully saturated rings. The minimum atomic E-state index is 0.602. The van der Waals surface area contributed by atoms with Crippen molar-refractivity contribution in [1.29, 1.82) is 0 Å². The van der Waals surface area contributed by atoms with Crippen molar-refractivity contribution < 1.29 is 0 Å². The lowest BCUT2D eigenvalue weighted by molar-refractivity contribution is 0.137. The quantitative estimate of drug-likeness (QED) is 0.812. The molecule has 0 amide bonds. The minimum Gasteiger partial charge on any atom is -0.329 e. The van der Waals surface area contributed by atoms with E-state index in [0.29, 0.717) is 6.04 Å². The van der Waals surface area contributed by atoms with Crippen molar-refractivity contribution in [3.8, 4) is 0 Å². The average Bonchev–Trinajstić information content (AvgIpc) is 2.90. The van der Waals surface area contributed by atoms with Crippen LogP contribution in [0.2, 0.25) is 0 Å². The molecular formula is C15H31N3. The Bertz CT molecular complexity index is 238. The number of nitrogens with zero attached hydrogens (tertiary/aromatic N) is 2. The molecule has 2 saturated heterocycles. The molecule has 2 heterocycles. The zero-order valence-electron chi connectivity index (χ0n) is 12.3. The summed E-state index contributed by atoms with van der Waals surface area (Å²) >= 11 is 0. The summed E-state index contributed by atoms with van der Waals surface area (Å²) in [6, 6.07) is 1.41. The van der Waals surface area contributed by atoms with Crippen LogP contribution < -0.4 is 5.73 Å². The summed E-state index contributed by atoms with van der Waals surface area (Å²) in [6.45, 7) is 10.6. The van der Waals surface area contributed by atoms with Gasteiger partial charge in [-0.25, -0.2) is 0 Å². The molecule has 0 bridgehead atoms. The Hall–Kier alpha value is -0.120. The molecule has 0 aromatic rings. The molecule has 3 nitrogen and oxygen atoms in total. The number of nitrogens with two attached hydrogens (primary N) is 1. The summed E-state index contributed by atoms with van der Waals surface area (Å²) in [5, 5.41) is 0. The first-order valence-corrected chi connectivity index (χ1v) is 7.94. The maximum absolute atomic E-state index is 6.00. The van der Waals surface area contributed by atoms with E-state index in [2.05, 4.69) is 23.6 Å². The Kier molecular flexibility index (Phi) is 5.46. The van der Waals surface area contributed by atoms with Crippen molar-refractivity contribution >= 4 is 0 Å². The molecule has 0 spiro atoms. The third-order valence-electron chi connectivity index (χ3n) is 5.11. The first kappa shape index (κ1) is 14.3. The van der Waals surface area contributed by atoms with Crippen LogP contribution in [0.1, 0.15) is 46.0 Å². The smallest absolute Gasteiger partial charge is 0.0244 e. The van der Waals surface area contributed by atoms with Gasteiger partial charge in [-0.15, -0.1) is 0 Å². The summed E-state index contributed by atoms with van der Waals surface area (Å²) < 4.78 is 0. The van der Waals surface area contributed by atoms with Crippen molar-refractivity contribution in [2.24, 2.45) is 11.7 Å². The molecule has 18 heavy (non-hydrogen) atoms. The van der Waals surface area contributed by atoms with Gasteiger partial charge in [-0.1, -0.05) is 26.7 Å². The van der Waals surface area contributed by atoms with Gasteiger partial charge in [0.05, 0.1) is 0 Å². The molecular weight excluding hydrogens is 222 g/mol. The molecule has 2 aliphatic rings. The molecule has 3 unspecified atom stereocenters. The zero-order chi connectivity index (χ0) is 13.0. The van der Waals surface area contributed by atoms with E-state index in [1.54, 1.807) is 0 Å². The number of piperidine rings is 1. The standard InChI is InChI=1S/C15H31N3/c1-3-13(2)15(11-16)18-10-7-14(12-18)17-8-5-4-6-9-17/h13-15H,3-12,16H2,1-2H3. The van der Waals surface area contributed by atoms with E-state index in [1.807, 2.05) is 0 Å². The lowest BCUT2D eigenvalue weighted by Gasteiger charge is -2.34. The van der Waals surface area contributed by atoms with Gasteiger partial charge in [0.1, 0.15) is 0 Å². The fraction of sp³-hybridized carbons (Fsp3) is 1.00. The molecule has 0 radical (unpaired) electrons. The Labute approximate surface area is 113 Å². The van der Waals surface area contributed by atoms with E-state index in [0.717, 1.165) is 18.5 Å². The lowest BCUT2D eigenvalue weighted by atomic mass is 9.98. The van der Waals surface area contributed by atoms with Crippen LogP contribution in [0.4, 0.5) is 0 Å². The van der Waals surface area contributed by atoms with Crippen LogP contribution in [0.5, 0.6) is 0 Å². The topological polar surface area (TPSA) is 32.5 Å². The molecule has 2 rings (SSSR count). The highest BCUT2D eigenvalue weighted by atomic mass is 15.3. The fourth-order valence-corrected chi connectivity index (χ4v) is 3.66. The Balaban J connectivity index is 1.86. The fourth-order valence-electron chi connectivity index (χ4n) is 3.66. The van der Waals surface area contributed by atoms with Gasteiger partial charge in [-0.2, -0.15) is 0 Å². The molecule has 2 aliphatic heterocycles. The number of hydrogen-bond acceptors (Lipinski definition) is 3. The van der Waals surface area contributed by atoms with E-state index in [9.17, 15) is 0 Å². The maximum Gasteiger partial charge on any atom is 0.0244 e. The highest BCUT2D eigenvalue weighted by molar-refractivity contribution is 4.89. The normalized spacial score (nSPS) is 30.5. The SMILES string of the molecule is CCC(C)C(CN)N1CCC(N2CCCCC2)C1. The Morgan fingerprint density at radius 3 is 2.50 bits per heavy atom. The highest BCUT2D eigenvalue weighted by Gasteiger charge is 2.33. The summed E-state index contributed by atoms with van der Waals surface area (Å²) in [6.07, 6.45) is 6.84. The van der Waals surface area contributed by atoms with E-state index in [4.69, 9.17) is 5.73 Å². The molecule has 106 valence electrons. The number of rotatable bonds is 5. The first-order chi connectivity index (χ1) is 8.76. The second kappa shape index (κ2) is 6.88. The van der Waals surface area contributed by atoms with Gasteiger partial charge in [-0.3, -0.25) is 9.80 Å². The summed E-state index contributed by atoms with van der Waals surface area (Å²) in [5.74, 6) is 0.732. The van der Waals surface area contributed by atoms with Crippen LogP contribution in [-0.4, -0.2) is 54.6 Å². The second-order valence-corrected chi connectivity index (χ2v) is 6.22. The van der Waals surface area contributed by atoms with Crippen molar-refractivity contribution in [3.63, 3.8) is 0 Å². The molecule has 0 saturated carbocycles. The summed E-state index contributed by atoms with van der Waals surface area (Å²) in [5.41, 5.74) is 6.00. The van der Waals surface area contributed by atoms with Crippen LogP contribution in [0.15, 0.2) is 0 Å². The number of hydrogen-bond donors (Lipinski definition) is 1. The van der Waals surface area contributed by atoms with Crippen molar-refractivity contribution in [2.75, 3.05) is 32.7 Å². The average molecular weight is 253 g/mol. The van der Waals surface area contributed by atoms with Crippen LogP contribution in [0, 0.1) is 5.92 Å². The predicted octanol–water partition coefficient (Wildman–Crippen LogP) is 1.92. The van der Waals surface area contributed by atoms with Gasteiger partial charge in [0.15, 0.2) is 0 Å². The van der Waals surface area contributed by atoms with Crippen LogP contribution >= 0.6 is 0 Å². The van der Waals surface area contributed by atoms with E-state index in [-0.39, 0.29) is 0 Å². The predicted molar refractivity (Wildman–Crippen MR) is 77.7 cm³/mol. The van der Waals surface area contributed by atoms with E-state index in [1.165, 1.54) is 58.3 Å². The third kappa shape index (κ3) is 3.25. The zero-order valence-corrected chi connectivity index (χ0v) is 12.3. The van der Waals surface area contributed by atoms with Gasteiger partial charge in [-0.05, 0) is 38.3 Å². The monoisotopic (exact) mass is 253 g/mol. The van der Waals surface area contributed by atoms with Crippen molar-refractivity contribution in [2.45, 2.75) is 58.0 Å². The molecule has 0 aromatic heterocycles. The first-order valence-electron chi connectivity index (χ1n) is 7.94. The lowest BCUT2D eigenvalue weighted by Crippen LogP contribution is -2.46. The molecule has 0 aromatic carbocycles. The molecule has 3 heteroatoms. The summed E-state index contributed by atoms with van der Waals surface area (Å²) in [7, 11) is 0. The van der Waals surface area contributed by atoms with Gasteiger partial charge < -0.3 is 5.73 Å². The number of likely N-dealkylation sites (tertiary alicyclic amines) is 2. The van der Waals surface area contributed by atoms with Crippen LogP contribution in [0.25, 0.3) is 0 Å². The molecule has 3 atom stereocenters. The largest absolute Gasteiger partial charge is 0.329 e. The van der Waals surface area contributed by atoms with E-state index < -0.39 is 0 Å². The highest BCUT2D eigenvalue weighted by Crippen LogP contribution is 2.24. The van der Waals surface area contributed by atoms with Gasteiger partial charge >= 0.3 is 0 Å². The van der Waals surface area contributed by atoms with Crippen molar-refractivity contribution in [1.82, 2.24) is 9.80 Å².